The minimum absolute atomic E-state index is 0.0133. The van der Waals surface area contributed by atoms with E-state index in [1.54, 1.807) is 7.11 Å². The number of carbonyl (C=O) groups excluding carboxylic acids is 4. The van der Waals surface area contributed by atoms with Crippen LogP contribution < -0.4 is 18.9 Å². The number of carboxylic acid groups (broad SMARTS) is 4. The highest BCUT2D eigenvalue weighted by Gasteiger charge is 2.50. The third-order valence-corrected chi connectivity index (χ3v) is 29.7. The van der Waals surface area contributed by atoms with Crippen molar-refractivity contribution >= 4 is 47.8 Å². The molecule has 0 aromatic heterocycles. The van der Waals surface area contributed by atoms with E-state index in [0.717, 1.165) is 253 Å². The molecule has 0 saturated heterocycles. The van der Waals surface area contributed by atoms with Gasteiger partial charge in [0.25, 0.3) is 0 Å². The number of hydrogen-bond acceptors (Lipinski definition) is 24. The summed E-state index contributed by atoms with van der Waals surface area (Å²) in [5, 5.41) is 88.6. The molecule has 0 spiro atoms. The molecule has 28 nitrogen and oxygen atoms in total. The van der Waals surface area contributed by atoms with Crippen molar-refractivity contribution in [3.05, 3.63) is 117 Å². The van der Waals surface area contributed by atoms with Gasteiger partial charge in [-0.1, -0.05) is 128 Å². The van der Waals surface area contributed by atoms with Crippen molar-refractivity contribution in [1.82, 2.24) is 0 Å². The van der Waals surface area contributed by atoms with Crippen LogP contribution in [-0.4, -0.2) is 216 Å². The number of carboxylic acids is 4. The fourth-order valence-corrected chi connectivity index (χ4v) is 23.2. The molecule has 4 saturated carbocycles. The molecule has 0 radical (unpaired) electrons. The van der Waals surface area contributed by atoms with E-state index in [2.05, 4.69) is 52.0 Å². The van der Waals surface area contributed by atoms with Gasteiger partial charge in [-0.2, -0.15) is 0 Å². The van der Waals surface area contributed by atoms with E-state index in [4.69, 9.17) is 77.6 Å². The molecule has 4 fully saturated rings. The van der Waals surface area contributed by atoms with E-state index in [-0.39, 0.29) is 149 Å². The van der Waals surface area contributed by atoms with Crippen molar-refractivity contribution in [1.29, 1.82) is 0 Å². The number of esters is 4. The van der Waals surface area contributed by atoms with Crippen LogP contribution in [0.15, 0.2) is 72.8 Å². The van der Waals surface area contributed by atoms with Gasteiger partial charge in [0.15, 0.2) is 26.4 Å². The highest BCUT2D eigenvalue weighted by Crippen LogP contribution is 2.54. The molecule has 28 heteroatoms. The summed E-state index contributed by atoms with van der Waals surface area (Å²) < 4.78 is 60.3. The Hall–Kier alpha value is -8.48. The molecule has 8 aliphatic carbocycles. The average Bonchev–Trinajstić information content (AvgIpc) is 1.61. The molecule has 0 amide bonds. The first-order valence-corrected chi connectivity index (χ1v) is 51.2. The fourth-order valence-electron chi connectivity index (χ4n) is 23.2. The third kappa shape index (κ3) is 35.1. The van der Waals surface area contributed by atoms with Crippen LogP contribution in [0.2, 0.25) is 0 Å². The zero-order valence-electron chi connectivity index (χ0n) is 81.9. The summed E-state index contributed by atoms with van der Waals surface area (Å²) in [4.78, 5) is 92.4. The lowest BCUT2D eigenvalue weighted by molar-refractivity contribution is -0.155. The smallest absolute Gasteiger partial charge is 0.341 e. The number of benzene rings is 4. The van der Waals surface area contributed by atoms with Crippen molar-refractivity contribution < 1.29 is 136 Å². The first-order chi connectivity index (χ1) is 65.7. The van der Waals surface area contributed by atoms with E-state index in [1.807, 2.05) is 55.5 Å². The van der Waals surface area contributed by atoms with Gasteiger partial charge >= 0.3 is 47.8 Å². The second-order valence-corrected chi connectivity index (χ2v) is 39.2. The third-order valence-electron chi connectivity index (χ3n) is 29.7. The molecule has 0 aliphatic heterocycles. The van der Waals surface area contributed by atoms with Gasteiger partial charge < -0.3 is 98.1 Å². The number of aliphatic hydroxyl groups is 5. The fraction of sp³-hybridized carbons (Fsp3) is 0.704. The maximum atomic E-state index is 12.3. The maximum absolute atomic E-state index is 12.3. The van der Waals surface area contributed by atoms with Crippen molar-refractivity contribution in [2.45, 2.75) is 340 Å². The lowest BCUT2D eigenvalue weighted by atomic mass is 9.73. The number of unbranched alkanes of at least 4 members (excludes halogenated alkanes) is 8. The zero-order valence-corrected chi connectivity index (χ0v) is 81.9. The molecule has 0 heterocycles. The Morgan fingerprint density at radius 2 is 0.596 bits per heavy atom. The number of rotatable bonds is 56. The van der Waals surface area contributed by atoms with Crippen LogP contribution in [0.1, 0.15) is 285 Å². The molecule has 136 heavy (non-hydrogen) atoms. The molecule has 760 valence electrons. The number of hydrogen-bond donors (Lipinski definition) is 9. The van der Waals surface area contributed by atoms with Crippen molar-refractivity contribution in [2.24, 2.45) is 71.0 Å². The second kappa shape index (κ2) is 59.2. The minimum atomic E-state index is -0.992. The second-order valence-electron chi connectivity index (χ2n) is 39.2. The van der Waals surface area contributed by atoms with Gasteiger partial charge in [-0.25, -0.2) is 28.8 Å². The number of carbonyl (C=O) groups is 8. The Balaban J connectivity index is 0.000000203. The molecule has 20 atom stereocenters. The summed E-state index contributed by atoms with van der Waals surface area (Å²) in [6.07, 6.45) is 32.0. The van der Waals surface area contributed by atoms with E-state index >= 15 is 0 Å². The van der Waals surface area contributed by atoms with Gasteiger partial charge in [-0.05, 0) is 339 Å². The topological polar surface area (TPSA) is 420 Å². The van der Waals surface area contributed by atoms with Gasteiger partial charge in [-0.3, -0.25) is 9.59 Å². The van der Waals surface area contributed by atoms with E-state index in [0.29, 0.717) is 103 Å². The van der Waals surface area contributed by atoms with Crippen LogP contribution >= 0.6 is 0 Å². The summed E-state index contributed by atoms with van der Waals surface area (Å²) in [6, 6.07) is 23.3. The van der Waals surface area contributed by atoms with E-state index < -0.39 is 23.9 Å². The Labute approximate surface area is 805 Å². The predicted octanol–water partition coefficient (Wildman–Crippen LogP) is 16.4. The van der Waals surface area contributed by atoms with Gasteiger partial charge in [0.05, 0.1) is 24.4 Å². The Kier molecular flexibility index (Phi) is 48.4. The van der Waals surface area contributed by atoms with Crippen LogP contribution in [0.3, 0.4) is 0 Å². The van der Waals surface area contributed by atoms with Crippen LogP contribution in [-0.2, 0) is 123 Å². The van der Waals surface area contributed by atoms with Gasteiger partial charge in [-0.15, -0.1) is 0 Å². The summed E-state index contributed by atoms with van der Waals surface area (Å²) in [5.74, 6) is 1.12. The first-order valence-electron chi connectivity index (χ1n) is 51.2. The molecule has 8 aliphatic rings. The molecular weight excluding hydrogens is 1750 g/mol. The minimum Gasteiger partial charge on any atom is -0.482 e. The summed E-state index contributed by atoms with van der Waals surface area (Å²) in [7, 11) is 3.12. The number of aliphatic hydroxyl groups excluding tert-OH is 5. The zero-order chi connectivity index (χ0) is 98.0. The SMILES string of the molecule is CCCCC[C@@H](CC[C@@H]1[C@H]2Cc3cccc(OCC(=O)O)c3C[C@H]2C[C@H]1O)OC(=O)CCCO.CCCCC[C@@H](CC[C@@H]1[C@H]2Cc3cccc(OCC(=O)O)c3C[C@H]2C[C@H]1O)OC(=O)CCCOC.CCCCC[C@@H](CC[C@@H]1[C@H]2Cc3cccc(OCC(=O)O)c3C[C@H]2C[C@H]1O)OC(=O)COC.CCCCC[C@@H](CC[C@@H]1[C@H]2Cc3cccc(OCC(=O)O)c3C[C@H]2C[C@H]1O)OC(=O)COCC. The van der Waals surface area contributed by atoms with Crippen molar-refractivity contribution in [3.63, 3.8) is 0 Å². The Morgan fingerprint density at radius 3 is 0.846 bits per heavy atom. The standard InChI is InChI=1S/C28H42O7.2C27H40O7.C26H38O7/c1-3-4-5-9-21(35-28(32)11-7-14-33-2)12-13-22-23-15-19-8-6-10-26(34-18-27(30)31)24(19)16-20(23)17-25(22)29;1-3-5-6-9-20(34-27(31)17-32-4-2)11-12-21-22-13-18-8-7-10-25(33-16-26(29)30)23(18)14-19(22)15-24(21)28;1-2-3-4-8-20(34-27(32)10-6-13-28)11-12-21-22-14-18-7-5-9-25(33-17-26(30)31)23(18)15-19(22)16-24(21)29;1-3-4-5-8-19(33-26(30)16-31-2)10-11-20-21-12-17-7-6-9-24(32-15-25(28)29)22(17)13-18(21)14-23(20)27/h6,8,10,20-23,25,29H,3-5,7,9,11-18H2,1-2H3,(H,30,31);7-8,10,19-22,24,28H,3-6,9,11-17H2,1-2H3,(H,29,30);5,7,9,19-22,24,28-29H,2-4,6,8,10-17H2,1H3,(H,30,31);6-7,9,18-21,23,27H,3-5,8,10-16H2,1-2H3,(H,28,29)/t20-,21-,22+,23-,25+;2*19-,20-,21+,22-,24+;18-,19-,20+,21-,23+/m0000/s1. The van der Waals surface area contributed by atoms with Crippen LogP contribution in [0, 0.1) is 71.0 Å². The Bertz CT molecular complexity index is 4170. The van der Waals surface area contributed by atoms with Gasteiger partial charge in [0.1, 0.15) is 60.6 Å². The summed E-state index contributed by atoms with van der Waals surface area (Å²) in [6.45, 7) is 10.0. The van der Waals surface area contributed by atoms with E-state index in [1.165, 1.54) is 29.4 Å². The largest absolute Gasteiger partial charge is 0.482 e. The number of methoxy groups -OCH3 is 2. The van der Waals surface area contributed by atoms with Crippen molar-refractivity contribution in [2.75, 3.05) is 73.7 Å². The number of aliphatic carboxylic acids is 4. The molecule has 9 N–H and O–H groups in total. The molecule has 4 aromatic rings. The summed E-state index contributed by atoms with van der Waals surface area (Å²) in [5.41, 5.74) is 9.07. The lowest BCUT2D eigenvalue weighted by Crippen LogP contribution is -2.29. The predicted molar refractivity (Wildman–Crippen MR) is 511 cm³/mol. The Morgan fingerprint density at radius 1 is 0.324 bits per heavy atom. The van der Waals surface area contributed by atoms with Gasteiger partial charge in [0.2, 0.25) is 0 Å². The molecule has 0 bridgehead atoms. The molecule has 12 rings (SSSR count). The molecule has 0 unspecified atom stereocenters. The van der Waals surface area contributed by atoms with Crippen molar-refractivity contribution in [3.8, 4) is 23.0 Å². The molecule has 4 aromatic carbocycles. The first kappa shape index (κ1) is 111. The highest BCUT2D eigenvalue weighted by atomic mass is 16.6. The van der Waals surface area contributed by atoms with E-state index in [9.17, 15) is 58.8 Å². The maximum Gasteiger partial charge on any atom is 0.341 e. The van der Waals surface area contributed by atoms with Gasteiger partial charge in [0, 0.05) is 46.9 Å². The monoisotopic (exact) mass is 1910 g/mol. The number of ether oxygens (including phenoxy) is 11. The normalized spacial score (nSPS) is 24.2. The average molecular weight is 1910 g/mol. The molecular formula is C108H160O28. The highest BCUT2D eigenvalue weighted by molar-refractivity contribution is 5.72. The van der Waals surface area contributed by atoms with Crippen LogP contribution in [0.25, 0.3) is 0 Å². The lowest BCUT2D eigenvalue weighted by Gasteiger charge is -2.32. The summed E-state index contributed by atoms with van der Waals surface area (Å²) >= 11 is 0. The quantitative estimate of drug-likeness (QED) is 0.0113. The number of fused-ring (bicyclic) bond motifs is 8. The van der Waals surface area contributed by atoms with Crippen LogP contribution in [0.4, 0.5) is 0 Å². The van der Waals surface area contributed by atoms with Crippen LogP contribution in [0.5, 0.6) is 23.0 Å².